The first-order valence-corrected chi connectivity index (χ1v) is 13.6. The zero-order chi connectivity index (χ0) is 25.2. The summed E-state index contributed by atoms with van der Waals surface area (Å²) in [6, 6.07) is 6.99. The lowest BCUT2D eigenvalue weighted by atomic mass is 10.1. The summed E-state index contributed by atoms with van der Waals surface area (Å²) in [7, 11) is 0. The summed E-state index contributed by atoms with van der Waals surface area (Å²) in [6.45, 7) is 9.25. The average molecular weight is 518 g/mol. The molecule has 1 aromatic carbocycles. The standard InChI is InChI=1S/C26H35N3O4S2/c1-4-29(5-2)16-17-33-24(30)18-12-14-19(15-13-18)27-26(34)28-23-22(25(31)32-6-3)20-10-8-7-9-11-21(20)35-23/h12-15H,4-11,16-17H2,1-3H3,(H2,27,28,34). The summed E-state index contributed by atoms with van der Waals surface area (Å²) in [6.07, 6.45) is 5.23. The molecule has 0 radical (unpaired) electrons. The molecule has 1 aromatic heterocycles. The van der Waals surface area contributed by atoms with Crippen LogP contribution >= 0.6 is 23.6 Å². The molecule has 0 fully saturated rings. The number of carbonyl (C=O) groups is 2. The van der Waals surface area contributed by atoms with E-state index in [1.807, 2.05) is 6.92 Å². The second-order valence-corrected chi connectivity index (χ2v) is 9.82. The van der Waals surface area contributed by atoms with Gasteiger partial charge in [0.15, 0.2) is 5.11 Å². The zero-order valence-electron chi connectivity index (χ0n) is 20.8. The highest BCUT2D eigenvalue weighted by Crippen LogP contribution is 2.38. The van der Waals surface area contributed by atoms with Crippen LogP contribution in [0.1, 0.15) is 71.2 Å². The van der Waals surface area contributed by atoms with E-state index < -0.39 is 0 Å². The Labute approximate surface area is 217 Å². The van der Waals surface area contributed by atoms with Gasteiger partial charge in [-0.15, -0.1) is 11.3 Å². The minimum Gasteiger partial charge on any atom is -0.462 e. The van der Waals surface area contributed by atoms with Crippen LogP contribution in [0.3, 0.4) is 0 Å². The first-order valence-electron chi connectivity index (χ1n) is 12.4. The van der Waals surface area contributed by atoms with Gasteiger partial charge in [0.2, 0.25) is 0 Å². The number of hydrogen-bond acceptors (Lipinski definition) is 7. The Morgan fingerprint density at radius 3 is 2.37 bits per heavy atom. The molecule has 35 heavy (non-hydrogen) atoms. The van der Waals surface area contributed by atoms with Gasteiger partial charge < -0.3 is 25.0 Å². The molecule has 0 amide bonds. The van der Waals surface area contributed by atoms with Gasteiger partial charge >= 0.3 is 11.9 Å². The van der Waals surface area contributed by atoms with Crippen molar-refractivity contribution in [3.05, 3.63) is 45.8 Å². The van der Waals surface area contributed by atoms with Crippen molar-refractivity contribution in [2.75, 3.05) is 43.5 Å². The highest BCUT2D eigenvalue weighted by Gasteiger charge is 2.26. The molecule has 0 unspecified atom stereocenters. The van der Waals surface area contributed by atoms with Crippen LogP contribution in [0.25, 0.3) is 0 Å². The van der Waals surface area contributed by atoms with Crippen molar-refractivity contribution < 1.29 is 19.1 Å². The number of thiophene rings is 1. The largest absolute Gasteiger partial charge is 0.462 e. The minimum absolute atomic E-state index is 0.305. The molecule has 0 bridgehead atoms. The van der Waals surface area contributed by atoms with Crippen molar-refractivity contribution in [1.29, 1.82) is 0 Å². The minimum atomic E-state index is -0.344. The summed E-state index contributed by atoms with van der Waals surface area (Å²) in [5, 5.41) is 7.44. The smallest absolute Gasteiger partial charge is 0.341 e. The molecule has 2 N–H and O–H groups in total. The Balaban J connectivity index is 1.61. The number of nitrogens with zero attached hydrogens (tertiary/aromatic N) is 1. The van der Waals surface area contributed by atoms with Gasteiger partial charge in [-0.2, -0.15) is 0 Å². The molecule has 190 valence electrons. The number of thiocarbonyl (C=S) groups is 1. The molecule has 1 heterocycles. The SMILES string of the molecule is CCOC(=O)c1c(NC(=S)Nc2ccc(C(=O)OCCN(CC)CC)cc2)sc2c1CCCCC2. The normalized spacial score (nSPS) is 13.0. The number of ether oxygens (including phenoxy) is 2. The lowest BCUT2D eigenvalue weighted by Gasteiger charge is -2.17. The number of anilines is 2. The lowest BCUT2D eigenvalue weighted by molar-refractivity contribution is 0.0465. The van der Waals surface area contributed by atoms with E-state index in [9.17, 15) is 9.59 Å². The maximum absolute atomic E-state index is 12.7. The molecule has 9 heteroatoms. The topological polar surface area (TPSA) is 79.9 Å². The van der Waals surface area contributed by atoms with Crippen LogP contribution in [0.15, 0.2) is 24.3 Å². The Kier molecular flexibility index (Phi) is 10.5. The molecule has 0 saturated heterocycles. The van der Waals surface area contributed by atoms with Gasteiger partial charge in [-0.3, -0.25) is 0 Å². The third-order valence-corrected chi connectivity index (χ3v) is 7.45. The Morgan fingerprint density at radius 1 is 0.971 bits per heavy atom. The molecular weight excluding hydrogens is 482 g/mol. The van der Waals surface area contributed by atoms with Crippen LogP contribution in [-0.4, -0.2) is 54.8 Å². The van der Waals surface area contributed by atoms with E-state index >= 15 is 0 Å². The van der Waals surface area contributed by atoms with E-state index in [2.05, 4.69) is 29.4 Å². The van der Waals surface area contributed by atoms with Gasteiger partial charge in [-0.05, 0) is 87.7 Å². The average Bonchev–Trinajstić information content (AvgIpc) is 3.02. The summed E-state index contributed by atoms with van der Waals surface area (Å²) >= 11 is 7.10. The molecule has 3 rings (SSSR count). The molecule has 0 saturated carbocycles. The quantitative estimate of drug-likeness (QED) is 0.243. The number of hydrogen-bond donors (Lipinski definition) is 2. The first kappa shape index (κ1) is 27.1. The van der Waals surface area contributed by atoms with E-state index in [1.165, 1.54) is 11.3 Å². The van der Waals surface area contributed by atoms with Crippen molar-refractivity contribution >= 4 is 51.3 Å². The van der Waals surface area contributed by atoms with Crippen LogP contribution in [0, 0.1) is 0 Å². The van der Waals surface area contributed by atoms with E-state index in [1.54, 1.807) is 35.6 Å². The molecule has 2 aromatic rings. The second-order valence-electron chi connectivity index (χ2n) is 8.31. The molecule has 1 aliphatic rings. The van der Waals surface area contributed by atoms with E-state index in [0.717, 1.165) is 61.6 Å². The monoisotopic (exact) mass is 517 g/mol. The number of aryl methyl sites for hydroxylation is 1. The number of likely N-dealkylation sites (N-methyl/N-ethyl adjacent to an activating group) is 1. The van der Waals surface area contributed by atoms with Crippen LogP contribution in [-0.2, 0) is 22.3 Å². The lowest BCUT2D eigenvalue weighted by Crippen LogP contribution is -2.27. The van der Waals surface area contributed by atoms with Crippen molar-refractivity contribution in [1.82, 2.24) is 4.90 Å². The fraction of sp³-hybridized carbons (Fsp3) is 0.500. The number of nitrogens with one attached hydrogen (secondary N) is 2. The van der Waals surface area contributed by atoms with Gasteiger partial charge in [0, 0.05) is 17.1 Å². The molecule has 1 aliphatic carbocycles. The van der Waals surface area contributed by atoms with Crippen molar-refractivity contribution in [3.63, 3.8) is 0 Å². The maximum atomic E-state index is 12.7. The predicted octanol–water partition coefficient (Wildman–Crippen LogP) is 5.50. The third-order valence-electron chi connectivity index (χ3n) is 6.04. The van der Waals surface area contributed by atoms with Crippen molar-refractivity contribution in [3.8, 4) is 0 Å². The van der Waals surface area contributed by atoms with Gasteiger partial charge in [0.05, 0.1) is 17.7 Å². The maximum Gasteiger partial charge on any atom is 0.341 e. The number of esters is 2. The van der Waals surface area contributed by atoms with Gasteiger partial charge in [0.25, 0.3) is 0 Å². The Morgan fingerprint density at radius 2 is 1.69 bits per heavy atom. The zero-order valence-corrected chi connectivity index (χ0v) is 22.4. The summed E-state index contributed by atoms with van der Waals surface area (Å²) in [5.41, 5.74) is 2.93. The summed E-state index contributed by atoms with van der Waals surface area (Å²) in [5.74, 6) is -0.648. The predicted molar refractivity (Wildman–Crippen MR) is 146 cm³/mol. The summed E-state index contributed by atoms with van der Waals surface area (Å²) in [4.78, 5) is 28.5. The van der Waals surface area contributed by atoms with Gasteiger partial charge in [-0.25, -0.2) is 9.59 Å². The Hall–Kier alpha value is -2.49. The Bertz CT molecular complexity index is 1020. The van der Waals surface area contributed by atoms with Crippen molar-refractivity contribution in [2.24, 2.45) is 0 Å². The fourth-order valence-electron chi connectivity index (χ4n) is 4.10. The van der Waals surface area contributed by atoms with Crippen LogP contribution in [0.5, 0.6) is 0 Å². The number of fused-ring (bicyclic) bond motifs is 1. The number of rotatable bonds is 10. The van der Waals surface area contributed by atoms with Crippen LogP contribution < -0.4 is 10.6 Å². The summed E-state index contributed by atoms with van der Waals surface area (Å²) < 4.78 is 10.7. The van der Waals surface area contributed by atoms with Crippen LogP contribution in [0.2, 0.25) is 0 Å². The van der Waals surface area contributed by atoms with Gasteiger partial charge in [-0.1, -0.05) is 20.3 Å². The number of benzene rings is 1. The second kappa shape index (κ2) is 13.6. The molecule has 0 spiro atoms. The van der Waals surface area contributed by atoms with E-state index in [-0.39, 0.29) is 11.9 Å². The first-order chi connectivity index (χ1) is 17.0. The van der Waals surface area contributed by atoms with Crippen LogP contribution in [0.4, 0.5) is 10.7 Å². The third kappa shape index (κ3) is 7.49. The molecule has 0 atom stereocenters. The van der Waals surface area contributed by atoms with Crippen molar-refractivity contribution in [2.45, 2.75) is 52.9 Å². The fourth-order valence-corrected chi connectivity index (χ4v) is 5.66. The highest BCUT2D eigenvalue weighted by molar-refractivity contribution is 7.80. The molecular formula is C26H35N3O4S2. The highest BCUT2D eigenvalue weighted by atomic mass is 32.1. The molecule has 7 nitrogen and oxygen atoms in total. The molecule has 0 aliphatic heterocycles. The van der Waals surface area contributed by atoms with E-state index in [0.29, 0.717) is 29.5 Å². The van der Waals surface area contributed by atoms with E-state index in [4.69, 9.17) is 21.7 Å². The van der Waals surface area contributed by atoms with Gasteiger partial charge in [0.1, 0.15) is 11.6 Å². The number of carbonyl (C=O) groups excluding carboxylic acids is 2.